The molecule has 1 aliphatic heterocycles. The first-order valence-corrected chi connectivity index (χ1v) is 22.2. The molecule has 1 amide bonds. The van der Waals surface area contributed by atoms with Gasteiger partial charge in [-0.1, -0.05) is 45.7 Å². The second-order valence-electron chi connectivity index (χ2n) is 18.3. The van der Waals surface area contributed by atoms with Gasteiger partial charge in [0, 0.05) is 42.8 Å². The van der Waals surface area contributed by atoms with Crippen LogP contribution in [0.4, 0.5) is 5.13 Å². The molecule has 15 heteroatoms. The van der Waals surface area contributed by atoms with Crippen LogP contribution in [-0.2, 0) is 28.7 Å². The molecule has 3 saturated carbocycles. The Morgan fingerprint density at radius 1 is 1.03 bits per heavy atom. The standard InChI is InChI=1S/C44H57ClN4O9S/c1-8-26-19-44(26,41(53)54)20-34(50)33-16-28(21-49(33)40(52)30(43(4,5)6)17-37(51)58-27-14-24-13-25(24)15-27)57-36-18-31(32-22-59-42(48-32)46-23(2)3)47-39-29(36)9-10-35(38(39)45)56-12-11-55-7/h9-10,18,22-28,30,33H,8,11-17,19-21H2,1-7H3,(H,46,48)(H,53,54)/t24-,25+,26-,27?,28-,30-,33+,44-/m1/s1. The summed E-state index contributed by atoms with van der Waals surface area (Å²) in [7, 11) is 1.59. The molecule has 2 aromatic heterocycles. The number of likely N-dealkylation sites (tertiary alicyclic amines) is 1. The Morgan fingerprint density at radius 2 is 1.78 bits per heavy atom. The van der Waals surface area contributed by atoms with Crippen molar-refractivity contribution in [3.05, 3.63) is 28.6 Å². The molecule has 8 atom stereocenters. The number of benzene rings is 1. The summed E-state index contributed by atoms with van der Waals surface area (Å²) in [5.74, 6) is -0.874. The summed E-state index contributed by atoms with van der Waals surface area (Å²) in [4.78, 5) is 66.4. The number of thiazole rings is 1. The number of aliphatic carboxylic acids is 1. The number of ether oxygens (including phenoxy) is 4. The smallest absolute Gasteiger partial charge is 0.310 e. The number of anilines is 1. The number of carboxylic acids is 1. The van der Waals surface area contributed by atoms with Crippen LogP contribution in [0.25, 0.3) is 22.3 Å². The molecule has 0 radical (unpaired) electrons. The molecule has 4 fully saturated rings. The Hall–Kier alpha value is -4.01. The van der Waals surface area contributed by atoms with E-state index in [1.165, 1.54) is 22.7 Å². The number of rotatable bonds is 18. The average Bonchev–Trinajstić information content (AvgIpc) is 3.84. The first-order valence-electron chi connectivity index (χ1n) is 20.9. The SMILES string of the molecule is CC[C@@H]1C[C@]1(CC(=O)[C@@H]1C[C@@H](Oc2cc(-c3csc(NC(C)C)n3)nc3c(Cl)c(OCCOC)ccc23)CN1C(=O)[C@@H](CC(=O)OC1C[C@@H]2C[C@@H]2C1)C(C)(C)C)C(=O)O. The Bertz CT molecular complexity index is 2080. The monoisotopic (exact) mass is 852 g/mol. The fourth-order valence-corrected chi connectivity index (χ4v) is 10.2. The first-order chi connectivity index (χ1) is 28.0. The number of pyridine rings is 1. The number of carbonyl (C=O) groups excluding carboxylic acids is 3. The van der Waals surface area contributed by atoms with Crippen LogP contribution in [0.5, 0.6) is 11.5 Å². The molecule has 0 spiro atoms. The topological polar surface area (TPSA) is 166 Å². The maximum atomic E-state index is 14.8. The largest absolute Gasteiger partial charge is 0.490 e. The molecule has 1 unspecified atom stereocenters. The van der Waals surface area contributed by atoms with Crippen molar-refractivity contribution in [3.8, 4) is 22.9 Å². The Balaban J connectivity index is 1.21. The number of aromatic nitrogens is 2. The zero-order valence-electron chi connectivity index (χ0n) is 35.0. The van der Waals surface area contributed by atoms with Gasteiger partial charge in [-0.25, -0.2) is 9.97 Å². The highest BCUT2D eigenvalue weighted by Gasteiger charge is 2.61. The quantitative estimate of drug-likeness (QED) is 0.0935. The number of Topliss-reactive ketones (excluding diaryl/α,β-unsaturated/α-hetero) is 1. The van der Waals surface area contributed by atoms with Crippen molar-refractivity contribution < 1.29 is 43.2 Å². The number of esters is 1. The fourth-order valence-electron chi connectivity index (χ4n) is 9.12. The molecule has 59 heavy (non-hydrogen) atoms. The Labute approximate surface area is 354 Å². The van der Waals surface area contributed by atoms with Gasteiger partial charge in [0.15, 0.2) is 10.9 Å². The summed E-state index contributed by atoms with van der Waals surface area (Å²) in [6.07, 6.45) is 3.02. The second kappa shape index (κ2) is 17.2. The summed E-state index contributed by atoms with van der Waals surface area (Å²) in [5.41, 5.74) is -0.274. The van der Waals surface area contributed by atoms with E-state index in [-0.39, 0.29) is 67.2 Å². The highest BCUT2D eigenvalue weighted by atomic mass is 35.5. The number of ketones is 1. The minimum Gasteiger partial charge on any atom is -0.490 e. The molecule has 1 saturated heterocycles. The third kappa shape index (κ3) is 9.34. The van der Waals surface area contributed by atoms with Gasteiger partial charge in [-0.2, -0.15) is 0 Å². The highest BCUT2D eigenvalue weighted by molar-refractivity contribution is 7.14. The number of halogens is 1. The zero-order valence-corrected chi connectivity index (χ0v) is 36.6. The summed E-state index contributed by atoms with van der Waals surface area (Å²) < 4.78 is 23.8. The van der Waals surface area contributed by atoms with Crippen LogP contribution in [0.15, 0.2) is 23.6 Å². The maximum Gasteiger partial charge on any atom is 0.310 e. The van der Waals surface area contributed by atoms with E-state index in [1.807, 2.05) is 53.0 Å². The maximum absolute atomic E-state index is 14.8. The van der Waals surface area contributed by atoms with Crippen molar-refractivity contribution in [2.24, 2.45) is 34.5 Å². The molecular weight excluding hydrogens is 796 g/mol. The number of carboxylic acid groups (broad SMARTS) is 1. The summed E-state index contributed by atoms with van der Waals surface area (Å²) >= 11 is 8.42. The average molecular weight is 853 g/mol. The van der Waals surface area contributed by atoms with Crippen LogP contribution < -0.4 is 14.8 Å². The predicted molar refractivity (Wildman–Crippen MR) is 225 cm³/mol. The van der Waals surface area contributed by atoms with Crippen LogP contribution in [0.1, 0.15) is 92.9 Å². The molecule has 2 N–H and O–H groups in total. The van der Waals surface area contributed by atoms with Crippen LogP contribution in [0, 0.1) is 34.5 Å². The van der Waals surface area contributed by atoms with Gasteiger partial charge in [0.2, 0.25) is 5.91 Å². The van der Waals surface area contributed by atoms with Crippen molar-refractivity contribution in [2.45, 2.75) is 117 Å². The molecule has 3 heterocycles. The lowest BCUT2D eigenvalue weighted by molar-refractivity contribution is -0.157. The number of carbonyl (C=O) groups is 4. The molecule has 3 aromatic rings. The van der Waals surface area contributed by atoms with Gasteiger partial charge in [-0.3, -0.25) is 19.2 Å². The predicted octanol–water partition coefficient (Wildman–Crippen LogP) is 8.06. The molecule has 13 nitrogen and oxygen atoms in total. The van der Waals surface area contributed by atoms with Gasteiger partial charge in [-0.15, -0.1) is 11.3 Å². The van der Waals surface area contributed by atoms with Gasteiger partial charge >= 0.3 is 11.9 Å². The van der Waals surface area contributed by atoms with Crippen LogP contribution in [0.2, 0.25) is 5.02 Å². The van der Waals surface area contributed by atoms with E-state index < -0.39 is 40.8 Å². The normalized spacial score (nSPS) is 26.4. The minimum absolute atomic E-state index is 0.0460. The number of hydrogen-bond acceptors (Lipinski definition) is 12. The van der Waals surface area contributed by atoms with Crippen molar-refractivity contribution >= 4 is 62.6 Å². The van der Waals surface area contributed by atoms with E-state index >= 15 is 0 Å². The molecule has 320 valence electrons. The molecular formula is C44H57ClN4O9S. The number of methoxy groups -OCH3 is 1. The Morgan fingerprint density at radius 3 is 2.42 bits per heavy atom. The summed E-state index contributed by atoms with van der Waals surface area (Å²) in [6.45, 7) is 12.4. The van der Waals surface area contributed by atoms with Crippen LogP contribution in [-0.4, -0.2) is 94.8 Å². The number of nitrogens with zero attached hydrogens (tertiary/aromatic N) is 3. The fraction of sp³-hybridized carbons (Fsp3) is 0.636. The lowest BCUT2D eigenvalue weighted by atomic mass is 9.77. The first kappa shape index (κ1) is 43.1. The molecule has 3 aliphatic carbocycles. The third-order valence-electron chi connectivity index (χ3n) is 12.6. The van der Waals surface area contributed by atoms with Crippen molar-refractivity contribution in [3.63, 3.8) is 0 Å². The van der Waals surface area contributed by atoms with E-state index in [0.717, 1.165) is 18.0 Å². The lowest BCUT2D eigenvalue weighted by Gasteiger charge is -2.35. The number of amides is 1. The van der Waals surface area contributed by atoms with E-state index in [9.17, 15) is 24.3 Å². The highest BCUT2D eigenvalue weighted by Crippen LogP contribution is 2.58. The van der Waals surface area contributed by atoms with E-state index in [1.54, 1.807) is 19.2 Å². The van der Waals surface area contributed by atoms with Gasteiger partial charge in [0.05, 0.1) is 48.2 Å². The summed E-state index contributed by atoms with van der Waals surface area (Å²) in [6, 6.07) is 4.56. The minimum atomic E-state index is -1.15. The van der Waals surface area contributed by atoms with E-state index in [0.29, 0.717) is 65.1 Å². The third-order valence-corrected chi connectivity index (χ3v) is 13.8. The van der Waals surface area contributed by atoms with Crippen LogP contribution in [0.3, 0.4) is 0 Å². The van der Waals surface area contributed by atoms with Gasteiger partial charge in [0.1, 0.15) is 41.0 Å². The van der Waals surface area contributed by atoms with Crippen molar-refractivity contribution in [2.75, 3.05) is 32.2 Å². The molecule has 4 aliphatic rings. The van der Waals surface area contributed by atoms with Gasteiger partial charge in [0.25, 0.3) is 0 Å². The summed E-state index contributed by atoms with van der Waals surface area (Å²) in [5, 5.41) is 17.1. The molecule has 7 rings (SSSR count). The van der Waals surface area contributed by atoms with E-state index in [4.69, 9.17) is 40.5 Å². The van der Waals surface area contributed by atoms with Crippen molar-refractivity contribution in [1.29, 1.82) is 0 Å². The number of hydrogen-bond donors (Lipinski definition) is 2. The molecule has 1 aromatic carbocycles. The van der Waals surface area contributed by atoms with Crippen LogP contribution >= 0.6 is 22.9 Å². The second-order valence-corrected chi connectivity index (χ2v) is 19.6. The number of nitrogens with one attached hydrogen (secondary N) is 1. The van der Waals surface area contributed by atoms with Crippen molar-refractivity contribution in [1.82, 2.24) is 14.9 Å². The number of fused-ring (bicyclic) bond motifs is 2. The van der Waals surface area contributed by atoms with E-state index in [2.05, 4.69) is 5.32 Å². The zero-order chi connectivity index (χ0) is 42.4. The Kier molecular flexibility index (Phi) is 12.5. The lowest BCUT2D eigenvalue weighted by Crippen LogP contribution is -2.48. The van der Waals surface area contributed by atoms with Gasteiger partial charge in [-0.05, 0) is 74.8 Å². The van der Waals surface area contributed by atoms with Gasteiger partial charge < -0.3 is 34.3 Å². The molecule has 0 bridgehead atoms.